The summed E-state index contributed by atoms with van der Waals surface area (Å²) in [6.45, 7) is 0. The van der Waals surface area contributed by atoms with Crippen LogP contribution in [0.1, 0.15) is 10.9 Å². The molecule has 0 aromatic carbocycles. The van der Waals surface area contributed by atoms with Crippen LogP contribution in [0.25, 0.3) is 0 Å². The zero-order valence-electron chi connectivity index (χ0n) is 5.90. The highest BCUT2D eigenvalue weighted by Gasteiger charge is 2.11. The second-order valence-electron chi connectivity index (χ2n) is 2.27. The normalized spacial score (nSPS) is 21.6. The van der Waals surface area contributed by atoms with Gasteiger partial charge in [-0.05, 0) is 11.5 Å². The third kappa shape index (κ3) is 1.38. The van der Waals surface area contributed by atoms with Gasteiger partial charge in [-0.1, -0.05) is 6.07 Å². The first-order valence-corrected chi connectivity index (χ1v) is 4.37. The molecule has 1 aliphatic heterocycles. The molecule has 1 aromatic heterocycles. The van der Waals surface area contributed by atoms with E-state index in [2.05, 4.69) is 21.8 Å². The van der Waals surface area contributed by atoms with Gasteiger partial charge in [-0.15, -0.1) is 11.8 Å². The average Bonchev–Trinajstić information content (AvgIpc) is 2.58. The van der Waals surface area contributed by atoms with Crippen LogP contribution in [0.4, 0.5) is 0 Å². The first kappa shape index (κ1) is 6.73. The number of hydrogen-bond acceptors (Lipinski definition) is 3. The van der Waals surface area contributed by atoms with E-state index in [9.17, 15) is 0 Å². The fraction of sp³-hybridized carbons (Fsp3) is 0.125. The molecule has 0 amide bonds. The third-order valence-electron chi connectivity index (χ3n) is 1.52. The van der Waals surface area contributed by atoms with Crippen LogP contribution >= 0.6 is 11.8 Å². The minimum absolute atomic E-state index is 0.365. The lowest BCUT2D eigenvalue weighted by molar-refractivity contribution is 0.856. The van der Waals surface area contributed by atoms with Crippen LogP contribution < -0.4 is 5.32 Å². The van der Waals surface area contributed by atoms with E-state index in [1.165, 1.54) is 5.56 Å². The molecule has 1 aliphatic rings. The first-order chi connectivity index (χ1) is 5.47. The maximum Gasteiger partial charge on any atom is 0.103 e. The molecular formula is C8H8N2S. The van der Waals surface area contributed by atoms with Crippen LogP contribution in [0.15, 0.2) is 36.1 Å². The molecular weight excluding hydrogens is 156 g/mol. The molecule has 0 bridgehead atoms. The number of nitrogens with one attached hydrogen (secondary N) is 1. The first-order valence-electron chi connectivity index (χ1n) is 3.43. The topological polar surface area (TPSA) is 24.9 Å². The number of nitrogens with zero attached hydrogens (tertiary/aromatic N) is 1. The number of rotatable bonds is 1. The van der Waals surface area contributed by atoms with Crippen molar-refractivity contribution in [2.45, 2.75) is 5.37 Å². The monoisotopic (exact) mass is 164 g/mol. The third-order valence-corrected chi connectivity index (χ3v) is 2.49. The molecule has 0 saturated heterocycles. The predicted octanol–water partition coefficient (Wildman–Crippen LogP) is 1.89. The molecule has 0 radical (unpaired) electrons. The van der Waals surface area contributed by atoms with Crippen LogP contribution in [-0.2, 0) is 0 Å². The smallest absolute Gasteiger partial charge is 0.103 e. The Bertz CT molecular complexity index is 250. The lowest BCUT2D eigenvalue weighted by Gasteiger charge is -2.08. The van der Waals surface area contributed by atoms with Crippen LogP contribution in [0.2, 0.25) is 0 Å². The highest BCUT2D eigenvalue weighted by atomic mass is 32.2. The second-order valence-corrected chi connectivity index (χ2v) is 3.29. The highest BCUT2D eigenvalue weighted by Crippen LogP contribution is 2.29. The Kier molecular flexibility index (Phi) is 1.81. The SMILES string of the molecule is C1=CSC(c2cccnc2)N1. The van der Waals surface area contributed by atoms with Gasteiger partial charge in [0, 0.05) is 24.2 Å². The van der Waals surface area contributed by atoms with Gasteiger partial charge >= 0.3 is 0 Å². The van der Waals surface area contributed by atoms with E-state index in [0.717, 1.165) is 0 Å². The molecule has 1 unspecified atom stereocenters. The minimum atomic E-state index is 0.365. The number of hydrogen-bond donors (Lipinski definition) is 1. The Balaban J connectivity index is 2.17. The average molecular weight is 164 g/mol. The van der Waals surface area contributed by atoms with Crippen molar-refractivity contribution in [3.05, 3.63) is 41.7 Å². The number of thioether (sulfide) groups is 1. The molecule has 3 heteroatoms. The molecule has 0 saturated carbocycles. The van der Waals surface area contributed by atoms with Crippen LogP contribution in [0.3, 0.4) is 0 Å². The van der Waals surface area contributed by atoms with Crippen LogP contribution in [0.5, 0.6) is 0 Å². The molecule has 2 nitrogen and oxygen atoms in total. The van der Waals surface area contributed by atoms with Gasteiger partial charge in [0.25, 0.3) is 0 Å². The number of aromatic nitrogens is 1. The summed E-state index contributed by atoms with van der Waals surface area (Å²) in [7, 11) is 0. The lowest BCUT2D eigenvalue weighted by Crippen LogP contribution is -2.06. The standard InChI is InChI=1S/C8H8N2S/c1-2-7(6-9-3-1)8-10-4-5-11-8/h1-6,8,10H. The Morgan fingerprint density at radius 1 is 1.55 bits per heavy atom. The van der Waals surface area contributed by atoms with Gasteiger partial charge in [0.15, 0.2) is 0 Å². The Morgan fingerprint density at radius 3 is 3.18 bits per heavy atom. The molecule has 1 atom stereocenters. The number of pyridine rings is 1. The molecule has 56 valence electrons. The molecule has 1 aromatic rings. The van der Waals surface area contributed by atoms with E-state index in [0.29, 0.717) is 5.37 Å². The van der Waals surface area contributed by atoms with Gasteiger partial charge in [-0.25, -0.2) is 0 Å². The van der Waals surface area contributed by atoms with Gasteiger partial charge in [0.2, 0.25) is 0 Å². The van der Waals surface area contributed by atoms with E-state index < -0.39 is 0 Å². The van der Waals surface area contributed by atoms with Gasteiger partial charge < -0.3 is 5.32 Å². The maximum absolute atomic E-state index is 4.05. The summed E-state index contributed by atoms with van der Waals surface area (Å²) in [6.07, 6.45) is 5.64. The van der Waals surface area contributed by atoms with Gasteiger partial charge in [0.1, 0.15) is 5.37 Å². The molecule has 11 heavy (non-hydrogen) atoms. The Morgan fingerprint density at radius 2 is 2.55 bits per heavy atom. The zero-order valence-corrected chi connectivity index (χ0v) is 6.71. The molecule has 1 N–H and O–H groups in total. The summed E-state index contributed by atoms with van der Waals surface area (Å²) in [5, 5.41) is 5.63. The van der Waals surface area contributed by atoms with Crippen molar-refractivity contribution >= 4 is 11.8 Å². The van der Waals surface area contributed by atoms with E-state index in [1.54, 1.807) is 18.0 Å². The minimum Gasteiger partial charge on any atom is -0.375 e. The quantitative estimate of drug-likeness (QED) is 0.686. The fourth-order valence-electron chi connectivity index (χ4n) is 0.990. The summed E-state index contributed by atoms with van der Waals surface area (Å²) in [6, 6.07) is 4.03. The highest BCUT2D eigenvalue weighted by molar-refractivity contribution is 8.02. The van der Waals surface area contributed by atoms with Crippen molar-refractivity contribution < 1.29 is 0 Å². The summed E-state index contributed by atoms with van der Waals surface area (Å²) < 4.78 is 0. The van der Waals surface area contributed by atoms with Gasteiger partial charge in [0.05, 0.1) is 0 Å². The summed E-state index contributed by atoms with van der Waals surface area (Å²) >= 11 is 1.76. The van der Waals surface area contributed by atoms with E-state index in [-0.39, 0.29) is 0 Å². The Hall–Kier alpha value is -0.960. The van der Waals surface area contributed by atoms with Crippen molar-refractivity contribution in [1.29, 1.82) is 0 Å². The van der Waals surface area contributed by atoms with E-state index in [4.69, 9.17) is 0 Å². The van der Waals surface area contributed by atoms with Gasteiger partial charge in [-0.3, -0.25) is 4.98 Å². The van der Waals surface area contributed by atoms with Crippen molar-refractivity contribution in [3.8, 4) is 0 Å². The largest absolute Gasteiger partial charge is 0.375 e. The van der Waals surface area contributed by atoms with Gasteiger partial charge in [-0.2, -0.15) is 0 Å². The van der Waals surface area contributed by atoms with Crippen LogP contribution in [0, 0.1) is 0 Å². The van der Waals surface area contributed by atoms with E-state index >= 15 is 0 Å². The Labute approximate surface area is 69.7 Å². The summed E-state index contributed by atoms with van der Waals surface area (Å²) in [5.41, 5.74) is 1.22. The molecule has 2 heterocycles. The van der Waals surface area contributed by atoms with Crippen molar-refractivity contribution in [3.63, 3.8) is 0 Å². The zero-order chi connectivity index (χ0) is 7.52. The second kappa shape index (κ2) is 2.96. The lowest BCUT2D eigenvalue weighted by atomic mass is 10.3. The molecule has 0 aliphatic carbocycles. The predicted molar refractivity (Wildman–Crippen MR) is 46.8 cm³/mol. The fourth-order valence-corrected chi connectivity index (χ4v) is 1.76. The summed E-state index contributed by atoms with van der Waals surface area (Å²) in [4.78, 5) is 4.05. The van der Waals surface area contributed by atoms with E-state index in [1.807, 2.05) is 18.5 Å². The molecule has 0 spiro atoms. The van der Waals surface area contributed by atoms with Crippen molar-refractivity contribution in [2.24, 2.45) is 0 Å². The maximum atomic E-state index is 4.05. The molecule has 2 rings (SSSR count). The van der Waals surface area contributed by atoms with Crippen LogP contribution in [-0.4, -0.2) is 4.98 Å². The van der Waals surface area contributed by atoms with Crippen molar-refractivity contribution in [1.82, 2.24) is 10.3 Å². The van der Waals surface area contributed by atoms with Crippen molar-refractivity contribution in [2.75, 3.05) is 0 Å². The molecule has 0 fully saturated rings. The summed E-state index contributed by atoms with van der Waals surface area (Å²) in [5.74, 6) is 0.